The number of carbonyl (C=O) groups is 1. The summed E-state index contributed by atoms with van der Waals surface area (Å²) < 4.78 is 0. The molecule has 0 radical (unpaired) electrons. The Kier molecular flexibility index (Phi) is 3.35. The van der Waals surface area contributed by atoms with E-state index in [0.717, 1.165) is 18.3 Å². The Morgan fingerprint density at radius 2 is 1.91 bits per heavy atom. The highest BCUT2D eigenvalue weighted by atomic mass is 16.3. The Labute approximate surface area is 140 Å². The molecule has 0 bridgehead atoms. The maximum Gasteiger partial charge on any atom is 0.169 e. The van der Waals surface area contributed by atoms with Gasteiger partial charge in [-0.25, -0.2) is 0 Å². The van der Waals surface area contributed by atoms with E-state index in [2.05, 4.69) is 20.8 Å². The fourth-order valence-corrected chi connectivity index (χ4v) is 7.07. The van der Waals surface area contributed by atoms with E-state index in [1.165, 1.54) is 50.2 Å². The van der Waals surface area contributed by atoms with E-state index in [0.29, 0.717) is 17.3 Å². The van der Waals surface area contributed by atoms with Crippen LogP contribution >= 0.6 is 0 Å². The van der Waals surface area contributed by atoms with Gasteiger partial charge in [0.25, 0.3) is 0 Å². The maximum atomic E-state index is 12.8. The lowest BCUT2D eigenvalue weighted by Gasteiger charge is -2.57. The van der Waals surface area contributed by atoms with Gasteiger partial charge in [0.2, 0.25) is 0 Å². The second kappa shape index (κ2) is 4.97. The third kappa shape index (κ3) is 1.90. The predicted octanol–water partition coefficient (Wildman–Crippen LogP) is 5.21. The number of hydrogen-bond acceptors (Lipinski definition) is 2. The molecule has 0 spiro atoms. The van der Waals surface area contributed by atoms with Crippen molar-refractivity contribution in [3.8, 4) is 0 Å². The zero-order valence-corrected chi connectivity index (χ0v) is 14.8. The molecule has 0 saturated heterocycles. The number of carbonyl (C=O) groups excluding carboxylic acids is 1. The first kappa shape index (κ1) is 15.5. The molecule has 0 unspecified atom stereocenters. The van der Waals surface area contributed by atoms with Crippen molar-refractivity contribution in [2.24, 2.45) is 34.5 Å². The summed E-state index contributed by atoms with van der Waals surface area (Å²) in [7, 11) is 0. The summed E-state index contributed by atoms with van der Waals surface area (Å²) in [6.45, 7) is 7.05. The van der Waals surface area contributed by atoms with Crippen LogP contribution < -0.4 is 0 Å². The number of aliphatic hydroxyl groups is 1. The Bertz CT molecular complexity index is 601. The highest BCUT2D eigenvalue weighted by molar-refractivity contribution is 5.99. The molecule has 3 fully saturated rings. The molecule has 0 amide bonds. The van der Waals surface area contributed by atoms with Crippen LogP contribution in [0, 0.1) is 34.5 Å². The van der Waals surface area contributed by atoms with Gasteiger partial charge in [0.05, 0.1) is 5.41 Å². The SMILES string of the molecule is CC[C@H]1CC[C@H]2[C@@H]3CCC4=CC(O)=CC(=O)[C@]4(C)[C@H]3CC[C@]12C. The second-order valence-electron chi connectivity index (χ2n) is 8.95. The summed E-state index contributed by atoms with van der Waals surface area (Å²) >= 11 is 0. The van der Waals surface area contributed by atoms with Crippen LogP contribution in [0.2, 0.25) is 0 Å². The number of rotatable bonds is 1. The van der Waals surface area contributed by atoms with Gasteiger partial charge in [-0.15, -0.1) is 0 Å². The molecule has 1 N–H and O–H groups in total. The molecule has 0 aliphatic heterocycles. The van der Waals surface area contributed by atoms with E-state index in [1.54, 1.807) is 0 Å². The predicted molar refractivity (Wildman–Crippen MR) is 92.0 cm³/mol. The highest BCUT2D eigenvalue weighted by Crippen LogP contribution is 2.66. The van der Waals surface area contributed by atoms with Crippen molar-refractivity contribution in [2.45, 2.75) is 65.7 Å². The van der Waals surface area contributed by atoms with Gasteiger partial charge in [-0.3, -0.25) is 4.79 Å². The Morgan fingerprint density at radius 1 is 1.13 bits per heavy atom. The Hall–Kier alpha value is -1.05. The fraction of sp³-hybridized carbons (Fsp3) is 0.762. The lowest BCUT2D eigenvalue weighted by Crippen LogP contribution is -2.52. The molecule has 0 aromatic heterocycles. The van der Waals surface area contributed by atoms with Gasteiger partial charge >= 0.3 is 0 Å². The van der Waals surface area contributed by atoms with Crippen LogP contribution in [-0.2, 0) is 4.79 Å². The first-order valence-corrected chi connectivity index (χ1v) is 9.57. The fourth-order valence-electron chi connectivity index (χ4n) is 7.07. The van der Waals surface area contributed by atoms with Crippen molar-refractivity contribution in [1.29, 1.82) is 0 Å². The molecule has 23 heavy (non-hydrogen) atoms. The van der Waals surface area contributed by atoms with E-state index in [-0.39, 0.29) is 17.0 Å². The van der Waals surface area contributed by atoms with Gasteiger partial charge in [-0.1, -0.05) is 25.8 Å². The third-order valence-electron chi connectivity index (χ3n) is 8.39. The van der Waals surface area contributed by atoms with Crippen LogP contribution in [0.25, 0.3) is 0 Å². The molecule has 4 aliphatic rings. The molecular weight excluding hydrogens is 284 g/mol. The van der Waals surface area contributed by atoms with Crippen molar-refractivity contribution in [3.63, 3.8) is 0 Å². The number of allylic oxidation sites excluding steroid dienone is 3. The van der Waals surface area contributed by atoms with Gasteiger partial charge < -0.3 is 5.11 Å². The summed E-state index contributed by atoms with van der Waals surface area (Å²) in [5, 5.41) is 9.85. The molecule has 0 aromatic rings. The van der Waals surface area contributed by atoms with E-state index >= 15 is 0 Å². The normalized spacial score (nSPS) is 48.9. The summed E-state index contributed by atoms with van der Waals surface area (Å²) in [6, 6.07) is 0. The number of hydrogen-bond donors (Lipinski definition) is 1. The molecule has 4 rings (SSSR count). The average molecular weight is 314 g/mol. The van der Waals surface area contributed by atoms with Crippen LogP contribution in [0.3, 0.4) is 0 Å². The van der Waals surface area contributed by atoms with E-state index < -0.39 is 0 Å². The summed E-state index contributed by atoms with van der Waals surface area (Å²) in [4.78, 5) is 12.8. The standard InChI is InChI=1S/C21H30O2/c1-4-13-6-8-17-16-7-5-14-11-15(22)12-19(23)21(14,3)18(16)9-10-20(13,17)2/h11-13,16-18,22H,4-10H2,1-3H3/t13-,16-,17-,18-,20+,21-/m0/s1. The lowest BCUT2D eigenvalue weighted by atomic mass is 9.47. The Morgan fingerprint density at radius 3 is 2.65 bits per heavy atom. The molecule has 3 saturated carbocycles. The van der Waals surface area contributed by atoms with Crippen molar-refractivity contribution < 1.29 is 9.90 Å². The van der Waals surface area contributed by atoms with Crippen LogP contribution in [0.1, 0.15) is 65.7 Å². The molecule has 4 aliphatic carbocycles. The summed E-state index contributed by atoms with van der Waals surface area (Å²) in [5.41, 5.74) is 1.35. The Balaban J connectivity index is 1.70. The summed E-state index contributed by atoms with van der Waals surface area (Å²) in [5.74, 6) is 3.17. The zero-order valence-electron chi connectivity index (χ0n) is 14.8. The van der Waals surface area contributed by atoms with Gasteiger partial charge in [-0.2, -0.15) is 0 Å². The van der Waals surface area contributed by atoms with Crippen LogP contribution in [-0.4, -0.2) is 10.9 Å². The minimum Gasteiger partial charge on any atom is -0.508 e. The second-order valence-corrected chi connectivity index (χ2v) is 8.95. The van der Waals surface area contributed by atoms with Crippen LogP contribution in [0.15, 0.2) is 23.5 Å². The molecule has 2 nitrogen and oxygen atoms in total. The molecule has 6 atom stereocenters. The molecule has 126 valence electrons. The van der Waals surface area contributed by atoms with Gasteiger partial charge in [0.15, 0.2) is 5.78 Å². The molecule has 2 heteroatoms. The van der Waals surface area contributed by atoms with Crippen molar-refractivity contribution in [3.05, 3.63) is 23.5 Å². The average Bonchev–Trinajstić information content (AvgIpc) is 2.85. The number of ketones is 1. The summed E-state index contributed by atoms with van der Waals surface area (Å²) in [6.07, 6.45) is 12.1. The van der Waals surface area contributed by atoms with Crippen LogP contribution in [0.5, 0.6) is 0 Å². The largest absolute Gasteiger partial charge is 0.508 e. The molecule has 0 heterocycles. The minimum atomic E-state index is -0.346. The zero-order chi connectivity index (χ0) is 16.4. The smallest absolute Gasteiger partial charge is 0.169 e. The third-order valence-corrected chi connectivity index (χ3v) is 8.39. The molecule has 0 aromatic carbocycles. The topological polar surface area (TPSA) is 37.3 Å². The van der Waals surface area contributed by atoms with Gasteiger partial charge in [0.1, 0.15) is 5.76 Å². The van der Waals surface area contributed by atoms with Gasteiger partial charge in [-0.05, 0) is 80.6 Å². The number of aliphatic hydroxyl groups excluding tert-OH is 1. The van der Waals surface area contributed by atoms with Crippen molar-refractivity contribution in [2.75, 3.05) is 0 Å². The van der Waals surface area contributed by atoms with Crippen molar-refractivity contribution >= 4 is 5.78 Å². The van der Waals surface area contributed by atoms with E-state index in [1.807, 2.05) is 6.08 Å². The van der Waals surface area contributed by atoms with E-state index in [9.17, 15) is 9.90 Å². The van der Waals surface area contributed by atoms with Crippen LogP contribution in [0.4, 0.5) is 0 Å². The lowest BCUT2D eigenvalue weighted by molar-refractivity contribution is -0.131. The molecular formula is C21H30O2. The van der Waals surface area contributed by atoms with E-state index in [4.69, 9.17) is 0 Å². The minimum absolute atomic E-state index is 0.149. The first-order chi connectivity index (χ1) is 10.9. The van der Waals surface area contributed by atoms with Gasteiger partial charge in [0, 0.05) is 6.08 Å². The number of fused-ring (bicyclic) bond motifs is 5. The monoisotopic (exact) mass is 314 g/mol. The maximum absolute atomic E-state index is 12.8. The quantitative estimate of drug-likeness (QED) is 0.721. The highest BCUT2D eigenvalue weighted by Gasteiger charge is 2.60. The first-order valence-electron chi connectivity index (χ1n) is 9.57. The van der Waals surface area contributed by atoms with Crippen molar-refractivity contribution in [1.82, 2.24) is 0 Å².